The van der Waals surface area contributed by atoms with E-state index in [1.165, 1.54) is 12.4 Å². The molecule has 0 saturated heterocycles. The van der Waals surface area contributed by atoms with Crippen molar-refractivity contribution in [2.75, 3.05) is 0 Å². The lowest BCUT2D eigenvalue weighted by Crippen LogP contribution is -1.81. The van der Waals surface area contributed by atoms with E-state index in [1.807, 2.05) is 19.9 Å². The Labute approximate surface area is 70.7 Å². The van der Waals surface area contributed by atoms with Crippen molar-refractivity contribution in [3.8, 4) is 6.07 Å². The zero-order valence-corrected chi connectivity index (χ0v) is 7.13. The van der Waals surface area contributed by atoms with E-state index in [4.69, 9.17) is 16.9 Å². The van der Waals surface area contributed by atoms with E-state index in [1.54, 1.807) is 0 Å². The summed E-state index contributed by atoms with van der Waals surface area (Å²) in [5, 5.41) is 8.42. The molecule has 1 rings (SSSR count). The minimum absolute atomic E-state index is 0.161. The van der Waals surface area contributed by atoms with Gasteiger partial charge in [-0.15, -0.1) is 0 Å². The van der Waals surface area contributed by atoms with Crippen LogP contribution in [0, 0.1) is 11.3 Å². The summed E-state index contributed by atoms with van der Waals surface area (Å²) in [7, 11) is 0. The Morgan fingerprint density at radius 2 is 1.82 bits per heavy atom. The largest absolute Gasteiger partial charge is 0.225 e. The van der Waals surface area contributed by atoms with Crippen LogP contribution in [0.4, 0.5) is 0 Å². The van der Waals surface area contributed by atoms with Crippen molar-refractivity contribution in [1.82, 2.24) is 9.97 Å². The predicted octanol–water partition coefficient (Wildman–Crippen LogP) is 2.03. The van der Waals surface area contributed by atoms with Gasteiger partial charge in [-0.05, 0) is 11.6 Å². The second-order valence-electron chi connectivity index (χ2n) is 1.35. The van der Waals surface area contributed by atoms with Gasteiger partial charge in [0, 0.05) is 12.4 Å². The summed E-state index contributed by atoms with van der Waals surface area (Å²) in [6, 6.07) is 1.87. The molecule has 3 nitrogen and oxygen atoms in total. The highest BCUT2D eigenvalue weighted by Gasteiger charge is 1.89. The lowest BCUT2D eigenvalue weighted by atomic mass is 10.4. The van der Waals surface area contributed by atoms with Crippen LogP contribution in [-0.4, -0.2) is 9.97 Å². The molecule has 1 aromatic rings. The first-order valence-corrected chi connectivity index (χ1v) is 3.58. The summed E-state index contributed by atoms with van der Waals surface area (Å²) in [5.74, 6) is 0. The molecule has 1 aromatic heterocycles. The molecule has 0 fully saturated rings. The van der Waals surface area contributed by atoms with Crippen LogP contribution in [-0.2, 0) is 0 Å². The molecular formula is C7H8ClN3. The summed E-state index contributed by atoms with van der Waals surface area (Å²) < 4.78 is 0. The summed E-state index contributed by atoms with van der Waals surface area (Å²) in [6.07, 6.45) is 2.74. The molecule has 0 aliphatic heterocycles. The Morgan fingerprint density at radius 1 is 1.36 bits per heavy atom. The third kappa shape index (κ3) is 3.54. The molecule has 0 N–H and O–H groups in total. The maximum atomic E-state index is 8.26. The van der Waals surface area contributed by atoms with Gasteiger partial charge in [0.25, 0.3) is 0 Å². The summed E-state index contributed by atoms with van der Waals surface area (Å²) in [4.78, 5) is 7.16. The van der Waals surface area contributed by atoms with E-state index in [0.717, 1.165) is 0 Å². The van der Waals surface area contributed by atoms with Gasteiger partial charge in [0.2, 0.25) is 5.28 Å². The standard InChI is InChI=1S/C5H2ClN3.C2H6/c6-5-8-2-4(1-7)3-9-5;1-2/h2-3H;1-2H3. The lowest BCUT2D eigenvalue weighted by molar-refractivity contribution is 1.15. The fraction of sp³-hybridized carbons (Fsp3) is 0.286. The van der Waals surface area contributed by atoms with Crippen molar-refractivity contribution in [1.29, 1.82) is 5.26 Å². The number of nitrogens with zero attached hydrogens (tertiary/aromatic N) is 3. The number of aromatic nitrogens is 2. The van der Waals surface area contributed by atoms with Gasteiger partial charge >= 0.3 is 0 Å². The molecule has 0 amide bonds. The fourth-order valence-corrected chi connectivity index (χ4v) is 0.468. The summed E-state index contributed by atoms with van der Waals surface area (Å²) in [6.45, 7) is 4.00. The van der Waals surface area contributed by atoms with E-state index in [0.29, 0.717) is 5.56 Å². The Morgan fingerprint density at radius 3 is 2.18 bits per heavy atom. The van der Waals surface area contributed by atoms with Crippen LogP contribution in [0.25, 0.3) is 0 Å². The predicted molar refractivity (Wildman–Crippen MR) is 43.1 cm³/mol. The molecule has 0 aliphatic rings. The number of hydrogen-bond donors (Lipinski definition) is 0. The zero-order valence-electron chi connectivity index (χ0n) is 6.37. The molecular weight excluding hydrogens is 162 g/mol. The normalized spacial score (nSPS) is 7.45. The van der Waals surface area contributed by atoms with Gasteiger partial charge in [-0.3, -0.25) is 0 Å². The van der Waals surface area contributed by atoms with Gasteiger partial charge in [0.05, 0.1) is 5.56 Å². The van der Waals surface area contributed by atoms with Gasteiger partial charge in [0.15, 0.2) is 0 Å². The fourth-order valence-electron chi connectivity index (χ4n) is 0.370. The maximum Gasteiger partial charge on any atom is 0.222 e. The van der Waals surface area contributed by atoms with E-state index >= 15 is 0 Å². The molecule has 58 valence electrons. The molecule has 0 bridgehead atoms. The zero-order chi connectivity index (χ0) is 8.69. The first-order valence-electron chi connectivity index (χ1n) is 3.20. The molecule has 4 heteroatoms. The molecule has 0 radical (unpaired) electrons. The van der Waals surface area contributed by atoms with E-state index < -0.39 is 0 Å². The van der Waals surface area contributed by atoms with Crippen LogP contribution in [0.2, 0.25) is 5.28 Å². The lowest BCUT2D eigenvalue weighted by Gasteiger charge is -1.84. The van der Waals surface area contributed by atoms with Crippen molar-refractivity contribution in [3.63, 3.8) is 0 Å². The second kappa shape index (κ2) is 5.63. The number of nitriles is 1. The van der Waals surface area contributed by atoms with Crippen LogP contribution >= 0.6 is 11.6 Å². The second-order valence-corrected chi connectivity index (χ2v) is 1.69. The smallest absolute Gasteiger partial charge is 0.222 e. The van der Waals surface area contributed by atoms with Crippen LogP contribution in [0.1, 0.15) is 19.4 Å². The Hall–Kier alpha value is -1.14. The molecule has 0 saturated carbocycles. The average Bonchev–Trinajstić information content (AvgIpc) is 2.10. The molecule has 0 aliphatic carbocycles. The molecule has 0 unspecified atom stereocenters. The third-order valence-electron chi connectivity index (χ3n) is 0.749. The van der Waals surface area contributed by atoms with Crippen LogP contribution in [0.3, 0.4) is 0 Å². The van der Waals surface area contributed by atoms with Crippen molar-refractivity contribution in [2.24, 2.45) is 0 Å². The summed E-state index contributed by atoms with van der Waals surface area (Å²) in [5.41, 5.74) is 0.416. The topological polar surface area (TPSA) is 49.6 Å². The molecule has 11 heavy (non-hydrogen) atoms. The summed E-state index contributed by atoms with van der Waals surface area (Å²) >= 11 is 5.34. The molecule has 0 spiro atoms. The van der Waals surface area contributed by atoms with Crippen molar-refractivity contribution < 1.29 is 0 Å². The Kier molecular flexibility index (Phi) is 5.05. The monoisotopic (exact) mass is 169 g/mol. The van der Waals surface area contributed by atoms with Crippen molar-refractivity contribution in [3.05, 3.63) is 23.2 Å². The highest BCUT2D eigenvalue weighted by atomic mass is 35.5. The van der Waals surface area contributed by atoms with Gasteiger partial charge in [-0.25, -0.2) is 9.97 Å². The molecule has 1 heterocycles. The Balaban J connectivity index is 0.000000461. The first-order chi connectivity index (χ1) is 5.33. The van der Waals surface area contributed by atoms with Crippen molar-refractivity contribution >= 4 is 11.6 Å². The van der Waals surface area contributed by atoms with Crippen LogP contribution in [0.15, 0.2) is 12.4 Å². The van der Waals surface area contributed by atoms with E-state index in [2.05, 4.69) is 9.97 Å². The van der Waals surface area contributed by atoms with Crippen LogP contribution in [0.5, 0.6) is 0 Å². The van der Waals surface area contributed by atoms with Gasteiger partial charge in [-0.1, -0.05) is 13.8 Å². The van der Waals surface area contributed by atoms with Crippen LogP contribution < -0.4 is 0 Å². The maximum absolute atomic E-state index is 8.26. The third-order valence-corrected chi connectivity index (χ3v) is 0.945. The quantitative estimate of drug-likeness (QED) is 0.559. The first kappa shape index (κ1) is 9.86. The minimum Gasteiger partial charge on any atom is -0.225 e. The van der Waals surface area contributed by atoms with Gasteiger partial charge in [-0.2, -0.15) is 5.26 Å². The minimum atomic E-state index is 0.161. The number of hydrogen-bond acceptors (Lipinski definition) is 3. The highest BCUT2D eigenvalue weighted by Crippen LogP contribution is 1.97. The number of halogens is 1. The van der Waals surface area contributed by atoms with Gasteiger partial charge in [0.1, 0.15) is 6.07 Å². The van der Waals surface area contributed by atoms with E-state index in [-0.39, 0.29) is 5.28 Å². The highest BCUT2D eigenvalue weighted by molar-refractivity contribution is 6.28. The van der Waals surface area contributed by atoms with Crippen molar-refractivity contribution in [2.45, 2.75) is 13.8 Å². The Bertz CT molecular complexity index is 237. The molecule has 0 aromatic carbocycles. The average molecular weight is 170 g/mol. The van der Waals surface area contributed by atoms with Gasteiger partial charge < -0.3 is 0 Å². The number of rotatable bonds is 0. The SMILES string of the molecule is CC.N#Cc1cnc(Cl)nc1. The molecule has 0 atom stereocenters. The van der Waals surface area contributed by atoms with E-state index in [9.17, 15) is 0 Å².